The van der Waals surface area contributed by atoms with Crippen LogP contribution >= 0.6 is 0 Å². The van der Waals surface area contributed by atoms with E-state index in [4.69, 9.17) is 0 Å². The second-order valence-corrected chi connectivity index (χ2v) is 8.59. The van der Waals surface area contributed by atoms with Gasteiger partial charge in [-0.25, -0.2) is 0 Å². The zero-order valence-electron chi connectivity index (χ0n) is 14.6. The first-order valence-electron chi connectivity index (χ1n) is 8.14. The van der Waals surface area contributed by atoms with Gasteiger partial charge in [0.15, 0.2) is 0 Å². The Kier molecular flexibility index (Phi) is 4.35. The van der Waals surface area contributed by atoms with E-state index < -0.39 is 0 Å². The molecule has 0 aliphatic heterocycles. The molecule has 0 spiro atoms. The number of nitrogens with one attached hydrogen (secondary N) is 1. The van der Waals surface area contributed by atoms with Crippen molar-refractivity contribution in [2.45, 2.75) is 70.8 Å². The lowest BCUT2D eigenvalue weighted by atomic mass is 9.76. The predicted molar refractivity (Wildman–Crippen MR) is 92.9 cm³/mol. The summed E-state index contributed by atoms with van der Waals surface area (Å²) in [4.78, 5) is 0. The average Bonchev–Trinajstić information content (AvgIpc) is 2.85. The van der Waals surface area contributed by atoms with Crippen LogP contribution in [0.15, 0.2) is 36.4 Å². The summed E-state index contributed by atoms with van der Waals surface area (Å²) in [6.45, 7) is 14.6. The van der Waals surface area contributed by atoms with Crippen LogP contribution in [0.25, 0.3) is 0 Å². The highest BCUT2D eigenvalue weighted by molar-refractivity contribution is 5.35. The Hall–Kier alpha value is -1.08. The minimum absolute atomic E-state index is 0.168. The van der Waals surface area contributed by atoms with Gasteiger partial charge in [0, 0.05) is 17.5 Å². The monoisotopic (exact) mass is 285 g/mol. The molecule has 116 valence electrons. The van der Waals surface area contributed by atoms with Crippen molar-refractivity contribution in [2.75, 3.05) is 6.54 Å². The predicted octanol–water partition coefficient (Wildman–Crippen LogP) is 4.96. The Bertz CT molecular complexity index is 486. The quantitative estimate of drug-likeness (QED) is 0.774. The molecule has 0 bridgehead atoms. The first-order chi connectivity index (χ1) is 9.62. The van der Waals surface area contributed by atoms with Crippen LogP contribution in [0.1, 0.15) is 65.5 Å². The van der Waals surface area contributed by atoms with Gasteiger partial charge < -0.3 is 5.32 Å². The van der Waals surface area contributed by atoms with Gasteiger partial charge in [-0.2, -0.15) is 0 Å². The van der Waals surface area contributed by atoms with E-state index in [0.29, 0.717) is 0 Å². The van der Waals surface area contributed by atoms with Crippen LogP contribution in [0.5, 0.6) is 0 Å². The average molecular weight is 285 g/mol. The summed E-state index contributed by atoms with van der Waals surface area (Å²) >= 11 is 0. The Labute approximate surface area is 130 Å². The molecule has 0 fully saturated rings. The van der Waals surface area contributed by atoms with Crippen LogP contribution in [-0.4, -0.2) is 12.1 Å². The van der Waals surface area contributed by atoms with Crippen molar-refractivity contribution in [1.29, 1.82) is 0 Å². The molecule has 1 aliphatic rings. The van der Waals surface area contributed by atoms with Crippen LogP contribution in [0.3, 0.4) is 0 Å². The second kappa shape index (κ2) is 5.61. The van der Waals surface area contributed by atoms with E-state index >= 15 is 0 Å². The summed E-state index contributed by atoms with van der Waals surface area (Å²) in [5.41, 5.74) is 3.52. The van der Waals surface area contributed by atoms with E-state index in [1.807, 2.05) is 0 Å². The standard InChI is InChI=1S/C20H31N/c1-18(2,3)16-9-11-17(12-10-16)20(13-7-8-14-20)15-21-19(4,5)6/h7-12,21H,13-15H2,1-6H3. The Balaban J connectivity index is 2.22. The molecule has 0 saturated carbocycles. The summed E-state index contributed by atoms with van der Waals surface area (Å²) in [7, 11) is 0. The first kappa shape index (κ1) is 16.3. The number of allylic oxidation sites excluding steroid dienone is 2. The summed E-state index contributed by atoms with van der Waals surface area (Å²) in [5, 5.41) is 3.71. The Morgan fingerprint density at radius 1 is 0.905 bits per heavy atom. The van der Waals surface area contributed by atoms with Crippen molar-refractivity contribution in [2.24, 2.45) is 0 Å². The Morgan fingerprint density at radius 2 is 1.43 bits per heavy atom. The molecule has 21 heavy (non-hydrogen) atoms. The molecule has 0 radical (unpaired) electrons. The minimum Gasteiger partial charge on any atom is -0.311 e. The van der Waals surface area contributed by atoms with E-state index in [1.165, 1.54) is 11.1 Å². The van der Waals surface area contributed by atoms with Crippen LogP contribution in [0.2, 0.25) is 0 Å². The zero-order chi connectivity index (χ0) is 15.7. The zero-order valence-corrected chi connectivity index (χ0v) is 14.6. The highest BCUT2D eigenvalue weighted by Gasteiger charge is 2.34. The molecule has 1 aromatic carbocycles. The van der Waals surface area contributed by atoms with Crippen LogP contribution in [0, 0.1) is 0 Å². The molecule has 0 aromatic heterocycles. The first-order valence-corrected chi connectivity index (χ1v) is 8.14. The van der Waals surface area contributed by atoms with E-state index in [0.717, 1.165) is 19.4 Å². The SMILES string of the molecule is CC(C)(C)NCC1(c2ccc(C(C)(C)C)cc2)CC=CC1. The molecule has 2 rings (SSSR count). The molecule has 1 aromatic rings. The maximum atomic E-state index is 3.71. The molecular weight excluding hydrogens is 254 g/mol. The van der Waals surface area contributed by atoms with E-state index in [9.17, 15) is 0 Å². The smallest absolute Gasteiger partial charge is 0.0147 e. The molecule has 1 nitrogen and oxygen atoms in total. The van der Waals surface area contributed by atoms with Gasteiger partial charge in [0.25, 0.3) is 0 Å². The fraction of sp³-hybridized carbons (Fsp3) is 0.600. The van der Waals surface area contributed by atoms with Gasteiger partial charge in [-0.1, -0.05) is 57.2 Å². The number of hydrogen-bond donors (Lipinski definition) is 1. The molecule has 1 N–H and O–H groups in total. The Morgan fingerprint density at radius 3 is 1.86 bits per heavy atom. The lowest BCUT2D eigenvalue weighted by molar-refractivity contribution is 0.340. The minimum atomic E-state index is 0.168. The molecule has 0 saturated heterocycles. The van der Waals surface area contributed by atoms with Gasteiger partial charge in [-0.3, -0.25) is 0 Å². The fourth-order valence-electron chi connectivity index (χ4n) is 2.94. The number of benzene rings is 1. The topological polar surface area (TPSA) is 12.0 Å². The summed E-state index contributed by atoms with van der Waals surface area (Å²) in [6, 6.07) is 9.31. The maximum absolute atomic E-state index is 3.71. The molecule has 1 heteroatoms. The molecule has 0 atom stereocenters. The lowest BCUT2D eigenvalue weighted by Gasteiger charge is -2.34. The largest absolute Gasteiger partial charge is 0.311 e. The third-order valence-corrected chi connectivity index (χ3v) is 4.50. The molecular formula is C20H31N. The van der Waals surface area contributed by atoms with Gasteiger partial charge in [-0.15, -0.1) is 0 Å². The van der Waals surface area contributed by atoms with Crippen molar-refractivity contribution < 1.29 is 0 Å². The summed E-state index contributed by atoms with van der Waals surface area (Å²) < 4.78 is 0. The van der Waals surface area contributed by atoms with Crippen molar-refractivity contribution in [1.82, 2.24) is 5.32 Å². The molecule has 0 unspecified atom stereocenters. The normalized spacial score (nSPS) is 18.2. The van der Waals surface area contributed by atoms with Crippen LogP contribution in [0.4, 0.5) is 0 Å². The van der Waals surface area contributed by atoms with Gasteiger partial charge in [0.05, 0.1) is 0 Å². The molecule has 1 aliphatic carbocycles. The summed E-state index contributed by atoms with van der Waals surface area (Å²) in [5.74, 6) is 0. The van der Waals surface area contributed by atoms with Crippen molar-refractivity contribution in [3.8, 4) is 0 Å². The fourth-order valence-corrected chi connectivity index (χ4v) is 2.94. The van der Waals surface area contributed by atoms with Crippen LogP contribution in [-0.2, 0) is 10.8 Å². The highest BCUT2D eigenvalue weighted by Crippen LogP contribution is 2.37. The van der Waals surface area contributed by atoms with Gasteiger partial charge >= 0.3 is 0 Å². The van der Waals surface area contributed by atoms with E-state index in [-0.39, 0.29) is 16.4 Å². The lowest BCUT2D eigenvalue weighted by Crippen LogP contribution is -2.45. The van der Waals surface area contributed by atoms with E-state index in [1.54, 1.807) is 0 Å². The molecule has 0 heterocycles. The number of hydrogen-bond acceptors (Lipinski definition) is 1. The van der Waals surface area contributed by atoms with Crippen molar-refractivity contribution in [3.63, 3.8) is 0 Å². The second-order valence-electron chi connectivity index (χ2n) is 8.59. The highest BCUT2D eigenvalue weighted by atomic mass is 15.0. The van der Waals surface area contributed by atoms with E-state index in [2.05, 4.69) is 83.3 Å². The van der Waals surface area contributed by atoms with Gasteiger partial charge in [0.1, 0.15) is 0 Å². The van der Waals surface area contributed by atoms with Gasteiger partial charge in [0.2, 0.25) is 0 Å². The third kappa shape index (κ3) is 3.97. The maximum Gasteiger partial charge on any atom is 0.0147 e. The summed E-state index contributed by atoms with van der Waals surface area (Å²) in [6.07, 6.45) is 6.96. The number of rotatable bonds is 3. The van der Waals surface area contributed by atoms with Crippen LogP contribution < -0.4 is 5.32 Å². The van der Waals surface area contributed by atoms with Gasteiger partial charge in [-0.05, 0) is 50.2 Å². The van der Waals surface area contributed by atoms with Crippen molar-refractivity contribution in [3.05, 3.63) is 47.5 Å². The van der Waals surface area contributed by atoms with Crippen molar-refractivity contribution >= 4 is 0 Å². The molecule has 0 amide bonds. The third-order valence-electron chi connectivity index (χ3n) is 4.50.